The fraction of sp³-hybridized carbons (Fsp3) is 0.292. The second-order valence-corrected chi connectivity index (χ2v) is 10.9. The van der Waals surface area contributed by atoms with E-state index in [9.17, 15) is 17.9 Å². The van der Waals surface area contributed by atoms with Crippen molar-refractivity contribution in [2.45, 2.75) is 22.6 Å². The number of thioether (sulfide) groups is 1. The van der Waals surface area contributed by atoms with Gasteiger partial charge in [0.1, 0.15) is 10.7 Å². The van der Waals surface area contributed by atoms with E-state index in [1.807, 2.05) is 18.2 Å². The Morgan fingerprint density at radius 1 is 0.970 bits per heavy atom. The van der Waals surface area contributed by atoms with Crippen molar-refractivity contribution in [3.8, 4) is 0 Å². The average molecular weight is 488 g/mol. The monoisotopic (exact) mass is 487 g/mol. The summed E-state index contributed by atoms with van der Waals surface area (Å²) in [6, 6.07) is 19.1. The van der Waals surface area contributed by atoms with Gasteiger partial charge in [0.25, 0.3) is 0 Å². The standard InChI is InChI=1S/C24H26FN3O3S2/c25-21-8-6-20(7-9-21)23(29)18-32-24-11-10-22(16-26-24)33(30,31)28-14-12-27(13-15-28)17-19-4-2-1-3-5-19/h1-11,16,23,29H,12-15,17-18H2/t23-/m0/s1. The molecule has 3 aromatic rings. The minimum Gasteiger partial charge on any atom is -0.388 e. The van der Waals surface area contributed by atoms with Crippen molar-refractivity contribution in [3.05, 3.63) is 89.9 Å². The Kier molecular flexibility index (Phi) is 7.77. The smallest absolute Gasteiger partial charge is 0.244 e. The zero-order valence-corrected chi connectivity index (χ0v) is 19.7. The van der Waals surface area contributed by atoms with Crippen molar-refractivity contribution >= 4 is 21.8 Å². The van der Waals surface area contributed by atoms with Crippen LogP contribution in [0.4, 0.5) is 4.39 Å². The summed E-state index contributed by atoms with van der Waals surface area (Å²) < 4.78 is 40.6. The Balaban J connectivity index is 1.31. The number of pyridine rings is 1. The van der Waals surface area contributed by atoms with Crippen molar-refractivity contribution in [1.82, 2.24) is 14.2 Å². The summed E-state index contributed by atoms with van der Waals surface area (Å²) in [6.07, 6.45) is 0.603. The molecule has 2 heterocycles. The lowest BCUT2D eigenvalue weighted by molar-refractivity contribution is 0.181. The van der Waals surface area contributed by atoms with Gasteiger partial charge in [0.2, 0.25) is 10.0 Å². The zero-order valence-electron chi connectivity index (χ0n) is 18.0. The molecule has 4 rings (SSSR count). The molecule has 0 amide bonds. The van der Waals surface area contributed by atoms with Gasteiger partial charge < -0.3 is 5.11 Å². The van der Waals surface area contributed by atoms with E-state index in [1.165, 1.54) is 40.0 Å². The van der Waals surface area contributed by atoms with E-state index in [0.29, 0.717) is 42.5 Å². The van der Waals surface area contributed by atoms with E-state index >= 15 is 0 Å². The molecule has 1 aliphatic heterocycles. The summed E-state index contributed by atoms with van der Waals surface area (Å²) in [4.78, 5) is 6.69. The maximum Gasteiger partial charge on any atom is 0.244 e. The molecule has 1 aromatic heterocycles. The molecule has 0 bridgehead atoms. The van der Waals surface area contributed by atoms with Gasteiger partial charge in [0.05, 0.1) is 11.1 Å². The molecular formula is C24H26FN3O3S2. The van der Waals surface area contributed by atoms with Gasteiger partial charge in [-0.15, -0.1) is 11.8 Å². The first kappa shape index (κ1) is 23.8. The summed E-state index contributed by atoms with van der Waals surface area (Å²) in [5.74, 6) is -0.0247. The molecule has 1 saturated heterocycles. The zero-order chi connectivity index (χ0) is 23.3. The molecule has 0 aliphatic carbocycles. The fourth-order valence-corrected chi connectivity index (χ4v) is 5.85. The van der Waals surface area contributed by atoms with E-state index in [-0.39, 0.29) is 10.7 Å². The van der Waals surface area contributed by atoms with Crippen LogP contribution in [0, 0.1) is 5.82 Å². The third-order valence-electron chi connectivity index (χ3n) is 5.57. The average Bonchev–Trinajstić information content (AvgIpc) is 2.84. The van der Waals surface area contributed by atoms with Gasteiger partial charge >= 0.3 is 0 Å². The Hall–Kier alpha value is -2.30. The number of hydrogen-bond acceptors (Lipinski definition) is 6. The van der Waals surface area contributed by atoms with E-state index < -0.39 is 16.1 Å². The van der Waals surface area contributed by atoms with Gasteiger partial charge in [-0.25, -0.2) is 17.8 Å². The summed E-state index contributed by atoms with van der Waals surface area (Å²) >= 11 is 1.31. The van der Waals surface area contributed by atoms with Crippen LogP contribution in [0.2, 0.25) is 0 Å². The van der Waals surface area contributed by atoms with E-state index in [1.54, 1.807) is 24.3 Å². The highest BCUT2D eigenvalue weighted by Crippen LogP contribution is 2.25. The van der Waals surface area contributed by atoms with E-state index in [0.717, 1.165) is 6.54 Å². The minimum atomic E-state index is -3.60. The molecule has 0 unspecified atom stereocenters. The quantitative estimate of drug-likeness (QED) is 0.490. The molecule has 1 N–H and O–H groups in total. The number of sulfonamides is 1. The minimum absolute atomic E-state index is 0.169. The topological polar surface area (TPSA) is 73.7 Å². The van der Waals surface area contributed by atoms with E-state index in [2.05, 4.69) is 22.0 Å². The number of piperazine rings is 1. The summed E-state index contributed by atoms with van der Waals surface area (Å²) in [5.41, 5.74) is 1.84. The van der Waals surface area contributed by atoms with Crippen molar-refractivity contribution in [2.24, 2.45) is 0 Å². The Labute approximate surface area is 198 Å². The summed E-state index contributed by atoms with van der Waals surface area (Å²) in [7, 11) is -3.60. The number of aliphatic hydroxyl groups is 1. The van der Waals surface area contributed by atoms with Crippen LogP contribution >= 0.6 is 11.8 Å². The highest BCUT2D eigenvalue weighted by Gasteiger charge is 2.28. The first-order valence-electron chi connectivity index (χ1n) is 10.7. The normalized spacial score (nSPS) is 16.5. The lowest BCUT2D eigenvalue weighted by atomic mass is 10.1. The third-order valence-corrected chi connectivity index (χ3v) is 8.47. The van der Waals surface area contributed by atoms with Crippen LogP contribution < -0.4 is 0 Å². The van der Waals surface area contributed by atoms with Crippen molar-refractivity contribution in [3.63, 3.8) is 0 Å². The van der Waals surface area contributed by atoms with Crippen LogP contribution in [-0.4, -0.2) is 59.6 Å². The van der Waals surface area contributed by atoms with Gasteiger partial charge in [0, 0.05) is 44.7 Å². The first-order chi connectivity index (χ1) is 15.9. The highest BCUT2D eigenvalue weighted by molar-refractivity contribution is 7.99. The van der Waals surface area contributed by atoms with Gasteiger partial charge in [-0.3, -0.25) is 4.90 Å². The third kappa shape index (κ3) is 6.18. The molecule has 6 nitrogen and oxygen atoms in total. The Morgan fingerprint density at radius 2 is 1.67 bits per heavy atom. The van der Waals surface area contributed by atoms with Crippen LogP contribution in [0.3, 0.4) is 0 Å². The molecule has 0 radical (unpaired) electrons. The molecule has 1 fully saturated rings. The Bertz CT molecular complexity index is 1140. The summed E-state index contributed by atoms with van der Waals surface area (Å²) in [5, 5.41) is 10.9. The van der Waals surface area contributed by atoms with Crippen LogP contribution in [0.15, 0.2) is 82.8 Å². The highest BCUT2D eigenvalue weighted by atomic mass is 32.2. The van der Waals surface area contributed by atoms with Crippen molar-refractivity contribution < 1.29 is 17.9 Å². The second-order valence-electron chi connectivity index (χ2n) is 7.88. The van der Waals surface area contributed by atoms with Crippen LogP contribution in [0.1, 0.15) is 17.2 Å². The molecule has 33 heavy (non-hydrogen) atoms. The van der Waals surface area contributed by atoms with Crippen molar-refractivity contribution in [2.75, 3.05) is 31.9 Å². The predicted molar refractivity (Wildman–Crippen MR) is 127 cm³/mol. The molecule has 1 aliphatic rings. The number of halogens is 1. The first-order valence-corrected chi connectivity index (χ1v) is 13.1. The second kappa shape index (κ2) is 10.8. The number of aliphatic hydroxyl groups excluding tert-OH is 1. The maximum atomic E-state index is 13.0. The Morgan fingerprint density at radius 3 is 2.30 bits per heavy atom. The molecule has 174 valence electrons. The number of aromatic nitrogens is 1. The van der Waals surface area contributed by atoms with Crippen LogP contribution in [0.25, 0.3) is 0 Å². The lowest BCUT2D eigenvalue weighted by Crippen LogP contribution is -2.48. The van der Waals surface area contributed by atoms with Gasteiger partial charge in [-0.05, 0) is 35.4 Å². The number of hydrogen-bond donors (Lipinski definition) is 1. The number of benzene rings is 2. The van der Waals surface area contributed by atoms with Crippen LogP contribution in [-0.2, 0) is 16.6 Å². The molecule has 0 saturated carbocycles. The van der Waals surface area contributed by atoms with Gasteiger partial charge in [0.15, 0.2) is 0 Å². The lowest BCUT2D eigenvalue weighted by Gasteiger charge is -2.33. The number of nitrogens with zero attached hydrogens (tertiary/aromatic N) is 3. The number of rotatable bonds is 8. The SMILES string of the molecule is O=S(=O)(c1ccc(SC[C@H](O)c2ccc(F)cc2)nc1)N1CCN(Cc2ccccc2)CC1. The molecule has 1 atom stereocenters. The van der Waals surface area contributed by atoms with E-state index in [4.69, 9.17) is 0 Å². The molecular weight excluding hydrogens is 461 g/mol. The molecule has 9 heteroatoms. The molecule has 0 spiro atoms. The largest absolute Gasteiger partial charge is 0.388 e. The molecule has 2 aromatic carbocycles. The van der Waals surface area contributed by atoms with Gasteiger partial charge in [-0.1, -0.05) is 42.5 Å². The van der Waals surface area contributed by atoms with Gasteiger partial charge in [-0.2, -0.15) is 4.31 Å². The maximum absolute atomic E-state index is 13.0. The van der Waals surface area contributed by atoms with Crippen LogP contribution in [0.5, 0.6) is 0 Å². The summed E-state index contributed by atoms with van der Waals surface area (Å²) in [6.45, 7) is 3.05. The van der Waals surface area contributed by atoms with Crippen molar-refractivity contribution in [1.29, 1.82) is 0 Å². The fourth-order valence-electron chi connectivity index (χ4n) is 3.67. The predicted octanol–water partition coefficient (Wildman–Crippen LogP) is 3.55.